The first-order chi connectivity index (χ1) is 8.29. The average molecular weight is 247 g/mol. The van der Waals surface area contributed by atoms with Gasteiger partial charge in [0.25, 0.3) is 0 Å². The number of esters is 1. The number of hydrogen-bond donors (Lipinski definition) is 0. The molecule has 0 radical (unpaired) electrons. The van der Waals surface area contributed by atoms with Gasteiger partial charge < -0.3 is 9.30 Å². The maximum absolute atomic E-state index is 12.1. The minimum atomic E-state index is -0.530. The fraction of sp³-hybridized carbons (Fsp3) is 0.462. The topological polar surface area (TPSA) is 57.0 Å². The largest absolute Gasteiger partial charge is 0.455 e. The van der Waals surface area contributed by atoms with Crippen LogP contribution in [0.5, 0.6) is 0 Å². The number of carbonyl (C=O) groups excluding carboxylic acids is 1. The lowest BCUT2D eigenvalue weighted by molar-refractivity contribution is 0.00652. The molecule has 5 nitrogen and oxygen atoms in total. The van der Waals surface area contributed by atoms with E-state index in [2.05, 4.69) is 9.97 Å². The second-order valence-corrected chi connectivity index (χ2v) is 5.31. The highest BCUT2D eigenvalue weighted by atomic mass is 16.6. The lowest BCUT2D eigenvalue weighted by Crippen LogP contribution is -2.24. The van der Waals surface area contributed by atoms with E-state index in [1.165, 1.54) is 6.33 Å². The predicted octanol–water partition coefficient (Wildman–Crippen LogP) is 2.23. The molecule has 0 N–H and O–H groups in total. The Morgan fingerprint density at radius 1 is 1.33 bits per heavy atom. The van der Waals surface area contributed by atoms with Crippen molar-refractivity contribution in [3.63, 3.8) is 0 Å². The van der Waals surface area contributed by atoms with E-state index >= 15 is 0 Å². The second kappa shape index (κ2) is 4.08. The average Bonchev–Trinajstić information content (AvgIpc) is 2.52. The SMILES string of the molecule is Cc1cc2c(C(=O)OC(C)(C)C)ncnc2n1C. The van der Waals surface area contributed by atoms with Gasteiger partial charge in [0.05, 0.1) is 5.39 Å². The molecule has 0 aliphatic carbocycles. The second-order valence-electron chi connectivity index (χ2n) is 5.31. The Morgan fingerprint density at radius 3 is 2.61 bits per heavy atom. The van der Waals surface area contributed by atoms with Crippen LogP contribution in [-0.4, -0.2) is 26.1 Å². The van der Waals surface area contributed by atoms with Crippen LogP contribution in [0.25, 0.3) is 11.0 Å². The van der Waals surface area contributed by atoms with Gasteiger partial charge in [0, 0.05) is 12.7 Å². The molecule has 0 saturated heterocycles. The van der Waals surface area contributed by atoms with E-state index in [1.807, 2.05) is 45.4 Å². The van der Waals surface area contributed by atoms with E-state index in [9.17, 15) is 4.79 Å². The Labute approximate surface area is 106 Å². The summed E-state index contributed by atoms with van der Waals surface area (Å²) < 4.78 is 7.26. The Kier molecular flexibility index (Phi) is 2.84. The lowest BCUT2D eigenvalue weighted by Gasteiger charge is -2.19. The molecule has 0 bridgehead atoms. The van der Waals surface area contributed by atoms with Crippen LogP contribution in [-0.2, 0) is 11.8 Å². The van der Waals surface area contributed by atoms with Gasteiger partial charge in [-0.3, -0.25) is 0 Å². The van der Waals surface area contributed by atoms with Crippen LogP contribution in [0.15, 0.2) is 12.4 Å². The summed E-state index contributed by atoms with van der Waals surface area (Å²) >= 11 is 0. The Balaban J connectivity index is 2.52. The fourth-order valence-corrected chi connectivity index (χ4v) is 1.75. The van der Waals surface area contributed by atoms with Crippen LogP contribution in [0, 0.1) is 6.92 Å². The highest BCUT2D eigenvalue weighted by Gasteiger charge is 2.22. The summed E-state index contributed by atoms with van der Waals surface area (Å²) in [4.78, 5) is 20.3. The van der Waals surface area contributed by atoms with Crippen molar-refractivity contribution in [1.29, 1.82) is 0 Å². The van der Waals surface area contributed by atoms with Crippen molar-refractivity contribution in [2.24, 2.45) is 7.05 Å². The molecule has 2 heterocycles. The predicted molar refractivity (Wildman–Crippen MR) is 68.4 cm³/mol. The zero-order valence-electron chi connectivity index (χ0n) is 11.3. The number of nitrogens with zero attached hydrogens (tertiary/aromatic N) is 3. The number of aryl methyl sites for hydroxylation is 2. The molecule has 96 valence electrons. The van der Waals surface area contributed by atoms with E-state index in [-0.39, 0.29) is 0 Å². The summed E-state index contributed by atoms with van der Waals surface area (Å²) in [5, 5.41) is 0.728. The molecule has 0 saturated carbocycles. The van der Waals surface area contributed by atoms with Crippen molar-refractivity contribution >= 4 is 17.0 Å². The smallest absolute Gasteiger partial charge is 0.358 e. The van der Waals surface area contributed by atoms with Crippen molar-refractivity contribution in [2.45, 2.75) is 33.3 Å². The molecule has 18 heavy (non-hydrogen) atoms. The lowest BCUT2D eigenvalue weighted by atomic mass is 10.2. The summed E-state index contributed by atoms with van der Waals surface area (Å²) in [7, 11) is 1.91. The first-order valence-corrected chi connectivity index (χ1v) is 5.80. The summed E-state index contributed by atoms with van der Waals surface area (Å²) in [5.74, 6) is -0.416. The number of ether oxygens (including phenoxy) is 1. The van der Waals surface area contributed by atoms with E-state index in [0.717, 1.165) is 16.7 Å². The Bertz CT molecular complexity index is 608. The molecule has 2 aromatic heterocycles. The maximum atomic E-state index is 12.1. The molecule has 5 heteroatoms. The number of carbonyl (C=O) groups is 1. The maximum Gasteiger partial charge on any atom is 0.358 e. The van der Waals surface area contributed by atoms with E-state index in [1.54, 1.807) is 0 Å². The summed E-state index contributed by atoms with van der Waals surface area (Å²) in [6.07, 6.45) is 1.39. The van der Waals surface area contributed by atoms with Crippen molar-refractivity contribution < 1.29 is 9.53 Å². The zero-order valence-corrected chi connectivity index (χ0v) is 11.3. The first kappa shape index (κ1) is 12.5. The number of rotatable bonds is 1. The monoisotopic (exact) mass is 247 g/mol. The van der Waals surface area contributed by atoms with Crippen molar-refractivity contribution in [2.75, 3.05) is 0 Å². The first-order valence-electron chi connectivity index (χ1n) is 5.80. The molecule has 0 amide bonds. The van der Waals surface area contributed by atoms with Gasteiger partial charge in [-0.05, 0) is 33.8 Å². The van der Waals surface area contributed by atoms with E-state index in [4.69, 9.17) is 4.74 Å². The number of hydrogen-bond acceptors (Lipinski definition) is 4. The third-order valence-corrected chi connectivity index (χ3v) is 2.66. The molecular formula is C13H17N3O2. The third kappa shape index (κ3) is 2.20. The van der Waals surface area contributed by atoms with E-state index < -0.39 is 11.6 Å². The molecule has 0 spiro atoms. The van der Waals surface area contributed by atoms with Gasteiger partial charge in [0.15, 0.2) is 5.69 Å². The van der Waals surface area contributed by atoms with Gasteiger partial charge in [-0.15, -0.1) is 0 Å². The van der Waals surface area contributed by atoms with Gasteiger partial charge in [-0.1, -0.05) is 0 Å². The molecule has 0 atom stereocenters. The van der Waals surface area contributed by atoms with Gasteiger partial charge >= 0.3 is 5.97 Å². The number of aromatic nitrogens is 3. The van der Waals surface area contributed by atoms with Crippen LogP contribution >= 0.6 is 0 Å². The fourth-order valence-electron chi connectivity index (χ4n) is 1.75. The minimum Gasteiger partial charge on any atom is -0.455 e. The molecule has 0 fully saturated rings. The van der Waals surface area contributed by atoms with Crippen molar-refractivity contribution in [1.82, 2.24) is 14.5 Å². The molecule has 0 unspecified atom stereocenters. The van der Waals surface area contributed by atoms with Crippen molar-refractivity contribution in [3.05, 3.63) is 23.8 Å². The van der Waals surface area contributed by atoms with Crippen LogP contribution in [0.4, 0.5) is 0 Å². The van der Waals surface area contributed by atoms with Gasteiger partial charge in [-0.2, -0.15) is 0 Å². The molecule has 2 rings (SSSR count). The van der Waals surface area contributed by atoms with Gasteiger partial charge in [0.1, 0.15) is 17.6 Å². The van der Waals surface area contributed by atoms with Crippen LogP contribution in [0.2, 0.25) is 0 Å². The molecule has 0 aliphatic heterocycles. The Morgan fingerprint density at radius 2 is 2.00 bits per heavy atom. The van der Waals surface area contributed by atoms with Gasteiger partial charge in [-0.25, -0.2) is 14.8 Å². The number of fused-ring (bicyclic) bond motifs is 1. The normalized spacial score (nSPS) is 11.8. The quantitative estimate of drug-likeness (QED) is 0.725. The van der Waals surface area contributed by atoms with Crippen LogP contribution < -0.4 is 0 Å². The standard InChI is InChI=1S/C13H17N3O2/c1-8-6-9-10(12(17)18-13(2,3)4)14-7-15-11(9)16(8)5/h6-7H,1-5H3. The molecule has 0 aliphatic rings. The summed E-state index contributed by atoms with van der Waals surface area (Å²) in [6, 6.07) is 1.90. The van der Waals surface area contributed by atoms with Gasteiger partial charge in [0.2, 0.25) is 0 Å². The molecular weight excluding hydrogens is 230 g/mol. The van der Waals surface area contributed by atoms with Crippen molar-refractivity contribution in [3.8, 4) is 0 Å². The summed E-state index contributed by atoms with van der Waals surface area (Å²) in [6.45, 7) is 7.46. The van der Waals surface area contributed by atoms with Crippen LogP contribution in [0.1, 0.15) is 37.0 Å². The van der Waals surface area contributed by atoms with Crippen LogP contribution in [0.3, 0.4) is 0 Å². The third-order valence-electron chi connectivity index (χ3n) is 2.66. The summed E-state index contributed by atoms with van der Waals surface area (Å²) in [5.41, 5.74) is 1.55. The highest BCUT2D eigenvalue weighted by molar-refractivity contribution is 6.01. The highest BCUT2D eigenvalue weighted by Crippen LogP contribution is 2.20. The molecule has 0 aromatic carbocycles. The zero-order chi connectivity index (χ0) is 13.5. The minimum absolute atomic E-state index is 0.318. The molecule has 2 aromatic rings. The van der Waals surface area contributed by atoms with E-state index in [0.29, 0.717) is 5.69 Å². The Hall–Kier alpha value is -1.91.